The fourth-order valence-corrected chi connectivity index (χ4v) is 1.89. The zero-order valence-electron chi connectivity index (χ0n) is 11.4. The number of benzene rings is 2. The summed E-state index contributed by atoms with van der Waals surface area (Å²) in [6.07, 6.45) is 0. The van der Waals surface area contributed by atoms with Gasteiger partial charge in [0.05, 0.1) is 19.8 Å². The molecule has 106 valence electrons. The third-order valence-electron chi connectivity index (χ3n) is 2.86. The van der Waals surface area contributed by atoms with Gasteiger partial charge in [0, 0.05) is 16.8 Å². The highest BCUT2D eigenvalue weighted by molar-refractivity contribution is 5.47. The molecular formula is C16H18FNO2. The Kier molecular flexibility index (Phi) is 4.96. The monoisotopic (exact) mass is 275 g/mol. The van der Waals surface area contributed by atoms with E-state index in [2.05, 4.69) is 0 Å². The van der Waals surface area contributed by atoms with Gasteiger partial charge in [0.15, 0.2) is 0 Å². The number of hydrogen-bond donors (Lipinski definition) is 1. The molecule has 0 saturated carbocycles. The Morgan fingerprint density at radius 3 is 2.55 bits per heavy atom. The van der Waals surface area contributed by atoms with E-state index in [0.29, 0.717) is 24.5 Å². The SMILES string of the molecule is CCOc1ccc(N)cc1COCc1ccccc1F. The van der Waals surface area contributed by atoms with Crippen LogP contribution in [0.15, 0.2) is 42.5 Å². The molecule has 2 aromatic carbocycles. The second-order valence-electron chi connectivity index (χ2n) is 4.38. The maximum Gasteiger partial charge on any atom is 0.128 e. The van der Waals surface area contributed by atoms with Gasteiger partial charge in [-0.15, -0.1) is 0 Å². The number of nitrogen functional groups attached to an aromatic ring is 1. The quantitative estimate of drug-likeness (QED) is 0.820. The number of nitrogens with two attached hydrogens (primary N) is 1. The van der Waals surface area contributed by atoms with Gasteiger partial charge in [-0.2, -0.15) is 0 Å². The van der Waals surface area contributed by atoms with Crippen molar-refractivity contribution in [3.63, 3.8) is 0 Å². The molecule has 0 saturated heterocycles. The van der Waals surface area contributed by atoms with Crippen molar-refractivity contribution in [2.45, 2.75) is 20.1 Å². The van der Waals surface area contributed by atoms with E-state index in [1.807, 2.05) is 19.1 Å². The van der Waals surface area contributed by atoms with Crippen LogP contribution in [-0.2, 0) is 18.0 Å². The van der Waals surface area contributed by atoms with E-state index in [1.54, 1.807) is 24.3 Å². The summed E-state index contributed by atoms with van der Waals surface area (Å²) in [4.78, 5) is 0. The number of hydrogen-bond acceptors (Lipinski definition) is 3. The third kappa shape index (κ3) is 3.71. The molecule has 0 amide bonds. The van der Waals surface area contributed by atoms with E-state index in [0.717, 1.165) is 11.3 Å². The van der Waals surface area contributed by atoms with Crippen molar-refractivity contribution in [1.29, 1.82) is 0 Å². The van der Waals surface area contributed by atoms with E-state index in [9.17, 15) is 4.39 Å². The van der Waals surface area contributed by atoms with Crippen LogP contribution in [-0.4, -0.2) is 6.61 Å². The molecule has 0 heterocycles. The predicted molar refractivity (Wildman–Crippen MR) is 76.9 cm³/mol. The molecule has 0 bridgehead atoms. The van der Waals surface area contributed by atoms with Crippen molar-refractivity contribution in [1.82, 2.24) is 0 Å². The van der Waals surface area contributed by atoms with Gasteiger partial charge in [-0.3, -0.25) is 0 Å². The summed E-state index contributed by atoms with van der Waals surface area (Å²) in [6.45, 7) is 3.03. The average molecular weight is 275 g/mol. The Morgan fingerprint density at radius 2 is 1.80 bits per heavy atom. The standard InChI is InChI=1S/C16H18FNO2/c1-2-20-16-8-7-14(18)9-13(16)11-19-10-12-5-3-4-6-15(12)17/h3-9H,2,10-11,18H2,1H3. The predicted octanol–water partition coefficient (Wildman–Crippen LogP) is 3.52. The van der Waals surface area contributed by atoms with Crippen LogP contribution in [0.4, 0.5) is 10.1 Å². The second kappa shape index (κ2) is 6.91. The number of halogens is 1. The molecular weight excluding hydrogens is 257 g/mol. The van der Waals surface area contributed by atoms with Gasteiger partial charge in [-0.1, -0.05) is 18.2 Å². The fourth-order valence-electron chi connectivity index (χ4n) is 1.89. The van der Waals surface area contributed by atoms with Gasteiger partial charge in [0.1, 0.15) is 11.6 Å². The molecule has 0 radical (unpaired) electrons. The maximum absolute atomic E-state index is 13.5. The number of anilines is 1. The molecule has 2 aromatic rings. The molecule has 0 aromatic heterocycles. The molecule has 4 heteroatoms. The van der Waals surface area contributed by atoms with Gasteiger partial charge in [0.2, 0.25) is 0 Å². The lowest BCUT2D eigenvalue weighted by Gasteiger charge is -2.11. The molecule has 2 N–H and O–H groups in total. The van der Waals surface area contributed by atoms with Crippen molar-refractivity contribution < 1.29 is 13.9 Å². The van der Waals surface area contributed by atoms with E-state index in [1.165, 1.54) is 6.07 Å². The molecule has 0 spiro atoms. The van der Waals surface area contributed by atoms with Crippen molar-refractivity contribution in [2.24, 2.45) is 0 Å². The molecule has 0 unspecified atom stereocenters. The highest BCUT2D eigenvalue weighted by Gasteiger charge is 2.06. The zero-order valence-corrected chi connectivity index (χ0v) is 11.4. The molecule has 0 aliphatic rings. The minimum Gasteiger partial charge on any atom is -0.494 e. The van der Waals surface area contributed by atoms with Gasteiger partial charge in [-0.25, -0.2) is 4.39 Å². The minimum absolute atomic E-state index is 0.215. The molecule has 20 heavy (non-hydrogen) atoms. The highest BCUT2D eigenvalue weighted by Crippen LogP contribution is 2.23. The molecule has 0 aliphatic carbocycles. The number of rotatable bonds is 6. The molecule has 0 atom stereocenters. The summed E-state index contributed by atoms with van der Waals surface area (Å²) < 4.78 is 24.5. The van der Waals surface area contributed by atoms with Crippen LogP contribution in [0.1, 0.15) is 18.1 Å². The lowest BCUT2D eigenvalue weighted by atomic mass is 10.2. The third-order valence-corrected chi connectivity index (χ3v) is 2.86. The van der Waals surface area contributed by atoms with Crippen LogP contribution >= 0.6 is 0 Å². The molecule has 2 rings (SSSR count). The van der Waals surface area contributed by atoms with Crippen LogP contribution in [0, 0.1) is 5.82 Å². The van der Waals surface area contributed by atoms with Crippen LogP contribution in [0.3, 0.4) is 0 Å². The maximum atomic E-state index is 13.5. The van der Waals surface area contributed by atoms with Gasteiger partial charge >= 0.3 is 0 Å². The van der Waals surface area contributed by atoms with Crippen LogP contribution in [0.25, 0.3) is 0 Å². The average Bonchev–Trinajstić information content (AvgIpc) is 2.44. The highest BCUT2D eigenvalue weighted by atomic mass is 19.1. The fraction of sp³-hybridized carbons (Fsp3) is 0.250. The first-order chi connectivity index (χ1) is 9.70. The van der Waals surface area contributed by atoms with Crippen LogP contribution in [0.5, 0.6) is 5.75 Å². The zero-order chi connectivity index (χ0) is 14.4. The Labute approximate surface area is 118 Å². The summed E-state index contributed by atoms with van der Waals surface area (Å²) >= 11 is 0. The molecule has 3 nitrogen and oxygen atoms in total. The molecule has 0 fully saturated rings. The summed E-state index contributed by atoms with van der Waals surface area (Å²) in [5, 5.41) is 0. The molecule has 0 aliphatic heterocycles. The first-order valence-corrected chi connectivity index (χ1v) is 6.53. The number of ether oxygens (including phenoxy) is 2. The smallest absolute Gasteiger partial charge is 0.128 e. The summed E-state index contributed by atoms with van der Waals surface area (Å²) in [5.74, 6) is 0.486. The Hall–Kier alpha value is -2.07. The Balaban J connectivity index is 2.00. The summed E-state index contributed by atoms with van der Waals surface area (Å²) in [6, 6.07) is 12.0. The van der Waals surface area contributed by atoms with Gasteiger partial charge in [0.25, 0.3) is 0 Å². The normalized spacial score (nSPS) is 10.5. The minimum atomic E-state index is -0.259. The van der Waals surface area contributed by atoms with Crippen molar-refractivity contribution in [3.8, 4) is 5.75 Å². The van der Waals surface area contributed by atoms with Crippen LogP contribution < -0.4 is 10.5 Å². The van der Waals surface area contributed by atoms with Gasteiger partial charge in [-0.05, 0) is 31.2 Å². The topological polar surface area (TPSA) is 44.5 Å². The second-order valence-corrected chi connectivity index (χ2v) is 4.38. The summed E-state index contributed by atoms with van der Waals surface area (Å²) in [5.41, 5.74) is 7.81. The van der Waals surface area contributed by atoms with E-state index in [4.69, 9.17) is 15.2 Å². The largest absolute Gasteiger partial charge is 0.494 e. The van der Waals surface area contributed by atoms with Gasteiger partial charge < -0.3 is 15.2 Å². The lowest BCUT2D eigenvalue weighted by molar-refractivity contribution is 0.102. The van der Waals surface area contributed by atoms with E-state index >= 15 is 0 Å². The summed E-state index contributed by atoms with van der Waals surface area (Å²) in [7, 11) is 0. The van der Waals surface area contributed by atoms with E-state index < -0.39 is 0 Å². The van der Waals surface area contributed by atoms with Crippen molar-refractivity contribution >= 4 is 5.69 Å². The van der Waals surface area contributed by atoms with Crippen molar-refractivity contribution in [3.05, 3.63) is 59.4 Å². The first-order valence-electron chi connectivity index (χ1n) is 6.53. The lowest BCUT2D eigenvalue weighted by Crippen LogP contribution is -2.01. The first kappa shape index (κ1) is 14.3. The Bertz CT molecular complexity index is 572. The Morgan fingerprint density at radius 1 is 1.05 bits per heavy atom. The van der Waals surface area contributed by atoms with Crippen molar-refractivity contribution in [2.75, 3.05) is 12.3 Å². The van der Waals surface area contributed by atoms with Crippen LogP contribution in [0.2, 0.25) is 0 Å². The van der Waals surface area contributed by atoms with E-state index in [-0.39, 0.29) is 12.4 Å².